The quantitative estimate of drug-likeness (QED) is 0.618. The number of Topliss-reactive ketones (excluding diaryl/α,β-unsaturated/α-hetero) is 1. The maximum absolute atomic E-state index is 13.1. The van der Waals surface area contributed by atoms with E-state index in [4.69, 9.17) is 4.74 Å². The Hall–Kier alpha value is -1.68. The van der Waals surface area contributed by atoms with Crippen LogP contribution in [0, 0.1) is 40.4 Å². The van der Waals surface area contributed by atoms with Gasteiger partial charge in [0.1, 0.15) is 11.9 Å². The lowest BCUT2D eigenvalue weighted by molar-refractivity contribution is -0.152. The number of carbonyl (C=O) groups excluding carboxylic acids is 2. The minimum atomic E-state index is -0.335. The van der Waals surface area contributed by atoms with E-state index in [9.17, 15) is 14.7 Å². The molecule has 5 rings (SSSR count). The van der Waals surface area contributed by atoms with Crippen LogP contribution in [-0.4, -0.2) is 29.6 Å². The number of cyclic esters (lactones) is 1. The van der Waals surface area contributed by atoms with Crippen LogP contribution in [0.15, 0.2) is 34.9 Å². The molecule has 1 aliphatic heterocycles. The highest BCUT2D eigenvalue weighted by Gasteiger charge is 2.60. The Bertz CT molecular complexity index is 926. The minimum Gasteiger partial charge on any atom is -0.458 e. The summed E-state index contributed by atoms with van der Waals surface area (Å²) in [5.41, 5.74) is 2.61. The number of carbonyl (C=O) groups is 2. The Labute approximate surface area is 192 Å². The molecular weight excluding hydrogens is 400 g/mol. The molecule has 8 atom stereocenters. The second-order valence-electron chi connectivity index (χ2n) is 11.7. The SMILES string of the molecule is CC1=C(CO)C(=O)O[C@@H]([C@@H](C)[C@H]2CC[C@H]3[C@@H]4CC=C5C=CCC(=O)[C@]5(C)[C@H]4CC[C@]23C)C1. The normalized spacial score (nSPS) is 44.4. The Morgan fingerprint density at radius 2 is 1.97 bits per heavy atom. The number of rotatable bonds is 3. The second-order valence-corrected chi connectivity index (χ2v) is 11.7. The fourth-order valence-corrected chi connectivity index (χ4v) is 8.64. The highest BCUT2D eigenvalue weighted by Crippen LogP contribution is 2.66. The molecule has 1 heterocycles. The van der Waals surface area contributed by atoms with E-state index in [1.165, 1.54) is 18.4 Å². The first-order chi connectivity index (χ1) is 15.2. The predicted molar refractivity (Wildman–Crippen MR) is 124 cm³/mol. The zero-order valence-electron chi connectivity index (χ0n) is 20.0. The maximum Gasteiger partial charge on any atom is 0.336 e. The fourth-order valence-electron chi connectivity index (χ4n) is 8.64. The highest BCUT2D eigenvalue weighted by atomic mass is 16.5. The van der Waals surface area contributed by atoms with E-state index in [0.717, 1.165) is 31.3 Å². The molecule has 0 amide bonds. The summed E-state index contributed by atoms with van der Waals surface area (Å²) in [5.74, 6) is 2.55. The van der Waals surface area contributed by atoms with Crippen molar-refractivity contribution in [3.8, 4) is 0 Å². The number of allylic oxidation sites excluding steroid dienone is 4. The number of ketones is 1. The van der Waals surface area contributed by atoms with E-state index in [-0.39, 0.29) is 29.5 Å². The summed E-state index contributed by atoms with van der Waals surface area (Å²) < 4.78 is 5.85. The van der Waals surface area contributed by atoms with Gasteiger partial charge in [-0.05, 0) is 86.5 Å². The van der Waals surface area contributed by atoms with Gasteiger partial charge in [-0.2, -0.15) is 0 Å². The lowest BCUT2D eigenvalue weighted by atomic mass is 9.47. The fraction of sp³-hybridized carbons (Fsp3) is 0.714. The average molecular weight is 439 g/mol. The van der Waals surface area contributed by atoms with Gasteiger partial charge in [0, 0.05) is 12.8 Å². The zero-order chi connectivity index (χ0) is 22.8. The Kier molecular flexibility index (Phi) is 5.31. The third-order valence-corrected chi connectivity index (χ3v) is 10.5. The van der Waals surface area contributed by atoms with Crippen molar-refractivity contribution in [1.82, 2.24) is 0 Å². The van der Waals surface area contributed by atoms with Gasteiger partial charge in [-0.1, -0.05) is 37.6 Å². The molecule has 0 aromatic rings. The van der Waals surface area contributed by atoms with Crippen LogP contribution >= 0.6 is 0 Å². The molecule has 2 fully saturated rings. The Morgan fingerprint density at radius 3 is 2.69 bits per heavy atom. The number of hydrogen-bond acceptors (Lipinski definition) is 4. The number of aliphatic hydroxyl groups is 1. The Balaban J connectivity index is 1.39. The lowest BCUT2D eigenvalue weighted by Gasteiger charge is -2.56. The van der Waals surface area contributed by atoms with Gasteiger partial charge in [-0.25, -0.2) is 4.79 Å². The molecular formula is C28H38O4. The smallest absolute Gasteiger partial charge is 0.336 e. The number of hydrogen-bond donors (Lipinski definition) is 1. The summed E-state index contributed by atoms with van der Waals surface area (Å²) in [7, 11) is 0. The molecule has 4 nitrogen and oxygen atoms in total. The van der Waals surface area contributed by atoms with E-state index < -0.39 is 0 Å². The van der Waals surface area contributed by atoms with Crippen molar-refractivity contribution < 1.29 is 19.4 Å². The van der Waals surface area contributed by atoms with E-state index >= 15 is 0 Å². The molecule has 0 aromatic carbocycles. The van der Waals surface area contributed by atoms with Crippen LogP contribution in [0.4, 0.5) is 0 Å². The van der Waals surface area contributed by atoms with Crippen molar-refractivity contribution in [2.45, 2.75) is 78.7 Å². The van der Waals surface area contributed by atoms with Gasteiger partial charge in [0.05, 0.1) is 17.6 Å². The molecule has 0 saturated heterocycles. The monoisotopic (exact) mass is 438 g/mol. The largest absolute Gasteiger partial charge is 0.458 e. The van der Waals surface area contributed by atoms with Crippen LogP contribution in [0.3, 0.4) is 0 Å². The number of aliphatic hydroxyl groups excluding tert-OH is 1. The first kappa shape index (κ1) is 22.1. The van der Waals surface area contributed by atoms with Crippen molar-refractivity contribution >= 4 is 11.8 Å². The van der Waals surface area contributed by atoms with E-state index in [1.807, 2.05) is 13.0 Å². The van der Waals surface area contributed by atoms with Crippen molar-refractivity contribution in [3.05, 3.63) is 34.9 Å². The summed E-state index contributed by atoms with van der Waals surface area (Å²) in [6.45, 7) is 8.70. The van der Waals surface area contributed by atoms with Gasteiger partial charge in [-0.3, -0.25) is 4.79 Å². The molecule has 0 unspecified atom stereocenters. The van der Waals surface area contributed by atoms with E-state index in [1.54, 1.807) is 0 Å². The first-order valence-corrected chi connectivity index (χ1v) is 12.6. The van der Waals surface area contributed by atoms with E-state index in [2.05, 4.69) is 32.9 Å². The molecule has 0 spiro atoms. The second kappa shape index (κ2) is 7.68. The summed E-state index contributed by atoms with van der Waals surface area (Å²) in [5, 5.41) is 9.50. The van der Waals surface area contributed by atoms with Gasteiger partial charge >= 0.3 is 5.97 Å². The van der Waals surface area contributed by atoms with Crippen molar-refractivity contribution in [3.63, 3.8) is 0 Å². The molecule has 0 aromatic heterocycles. The van der Waals surface area contributed by atoms with Crippen LogP contribution in [0.25, 0.3) is 0 Å². The molecule has 1 N–H and O–H groups in total. The number of ether oxygens (including phenoxy) is 1. The average Bonchev–Trinajstić information content (AvgIpc) is 3.11. The molecule has 5 aliphatic rings. The third-order valence-electron chi connectivity index (χ3n) is 10.5. The van der Waals surface area contributed by atoms with Crippen molar-refractivity contribution in [2.75, 3.05) is 6.61 Å². The molecule has 2 saturated carbocycles. The third kappa shape index (κ3) is 2.97. The molecule has 4 heteroatoms. The van der Waals surface area contributed by atoms with Crippen molar-refractivity contribution in [1.29, 1.82) is 0 Å². The topological polar surface area (TPSA) is 63.6 Å². The highest BCUT2D eigenvalue weighted by molar-refractivity contribution is 5.92. The molecule has 0 radical (unpaired) electrons. The summed E-state index contributed by atoms with van der Waals surface area (Å²) >= 11 is 0. The summed E-state index contributed by atoms with van der Waals surface area (Å²) in [6.07, 6.45) is 13.6. The molecule has 4 aliphatic carbocycles. The van der Waals surface area contributed by atoms with Crippen molar-refractivity contribution in [2.24, 2.45) is 40.4 Å². The molecule has 0 bridgehead atoms. The lowest BCUT2D eigenvalue weighted by Crippen LogP contribution is -2.52. The number of esters is 1. The summed E-state index contributed by atoms with van der Waals surface area (Å²) in [6, 6.07) is 0. The summed E-state index contributed by atoms with van der Waals surface area (Å²) in [4.78, 5) is 25.5. The van der Waals surface area contributed by atoms with Crippen LogP contribution in [0.5, 0.6) is 0 Å². The zero-order valence-corrected chi connectivity index (χ0v) is 20.0. The first-order valence-electron chi connectivity index (χ1n) is 12.6. The standard InChI is InChI=1S/C28H38O4/c1-16-14-24(32-26(31)20(16)15-29)17(2)21-10-11-22-19-9-8-18-6-5-7-25(30)28(18,4)23(19)12-13-27(21,22)3/h5-6,8,17,19,21-24,29H,7,9-15H2,1-4H3/t17-,19-,21+,22-,23-,24+,27+,28-/m0/s1. The van der Waals surface area contributed by atoms with E-state index in [0.29, 0.717) is 47.4 Å². The Morgan fingerprint density at radius 1 is 1.19 bits per heavy atom. The minimum absolute atomic E-state index is 0.100. The maximum atomic E-state index is 13.1. The van der Waals surface area contributed by atoms with Gasteiger partial charge in [0.15, 0.2) is 0 Å². The van der Waals surface area contributed by atoms with Crippen LogP contribution in [0.2, 0.25) is 0 Å². The predicted octanol–water partition coefficient (Wildman–Crippen LogP) is 5.17. The van der Waals surface area contributed by atoms with Gasteiger partial charge < -0.3 is 9.84 Å². The van der Waals surface area contributed by atoms with Crippen LogP contribution < -0.4 is 0 Å². The van der Waals surface area contributed by atoms with Crippen LogP contribution in [0.1, 0.15) is 72.6 Å². The van der Waals surface area contributed by atoms with Gasteiger partial charge in [0.2, 0.25) is 0 Å². The number of fused-ring (bicyclic) bond motifs is 5. The van der Waals surface area contributed by atoms with Gasteiger partial charge in [0.25, 0.3) is 0 Å². The molecule has 32 heavy (non-hydrogen) atoms. The van der Waals surface area contributed by atoms with Gasteiger partial charge in [-0.15, -0.1) is 0 Å². The van der Waals surface area contributed by atoms with Crippen LogP contribution in [-0.2, 0) is 14.3 Å². The molecule has 174 valence electrons.